The Morgan fingerprint density at radius 2 is 0.540 bits per heavy atom. The van der Waals surface area contributed by atoms with Crippen LogP contribution in [0.25, 0.3) is 5.32 Å². The summed E-state index contributed by atoms with van der Waals surface area (Å²) in [5.41, 5.74) is 18.8. The molecule has 2 heterocycles. The molecule has 12 aromatic rings. The van der Waals surface area contributed by atoms with Gasteiger partial charge >= 0.3 is 25.8 Å². The fourth-order valence-corrected chi connectivity index (χ4v) is 9.13. The Morgan fingerprint density at radius 3 is 0.730 bits per heavy atom. The van der Waals surface area contributed by atoms with Crippen molar-refractivity contribution >= 4 is 11.4 Å². The minimum atomic E-state index is 0. The quantitative estimate of drug-likeness (QED) is 0.110. The Bertz CT molecular complexity index is 3260. The molecule has 0 spiro atoms. The summed E-state index contributed by atoms with van der Waals surface area (Å²) in [5.74, 6) is 1.95. The van der Waals surface area contributed by atoms with Gasteiger partial charge in [0, 0.05) is 63.7 Å². The largest absolute Gasteiger partial charge is 4.00 e. The predicted molar refractivity (Wildman–Crippen MR) is 427 cm³/mol. The number of rotatable bonds is 10. The predicted octanol–water partition coefficient (Wildman–Crippen LogP) is 25.3. The van der Waals surface area contributed by atoms with E-state index in [1.165, 1.54) is 33.5 Å². The third kappa shape index (κ3) is 39.0. The molecule has 10 aromatic carbocycles. The van der Waals surface area contributed by atoms with Crippen LogP contribution in [0.1, 0.15) is 183 Å². The summed E-state index contributed by atoms with van der Waals surface area (Å²) >= 11 is 0. The molecule has 0 radical (unpaired) electrons. The second kappa shape index (κ2) is 52.1. The number of aromatic nitrogens is 4. The van der Waals surface area contributed by atoms with Gasteiger partial charge in [0.25, 0.3) is 0 Å². The van der Waals surface area contributed by atoms with E-state index in [1.807, 2.05) is 272 Å². The summed E-state index contributed by atoms with van der Waals surface area (Å²) < 4.78 is 3.68. The van der Waals surface area contributed by atoms with E-state index in [9.17, 15) is 0 Å². The molecule has 0 saturated carbocycles. The minimum absolute atomic E-state index is 0. The van der Waals surface area contributed by atoms with Crippen molar-refractivity contribution in [3.63, 3.8) is 0 Å². The number of hydrogen-bond donors (Lipinski definition) is 1. The summed E-state index contributed by atoms with van der Waals surface area (Å²) in [6.45, 7) is 50.3. The average molecular weight is 1660 g/mol. The molecule has 8 heteroatoms. The van der Waals surface area contributed by atoms with Crippen LogP contribution < -0.4 is 5.32 Å². The average Bonchev–Trinajstić information content (AvgIpc) is 1.05. The molecule has 0 aliphatic heterocycles. The van der Waals surface area contributed by atoms with Crippen LogP contribution in [0.15, 0.2) is 304 Å². The zero-order chi connectivity index (χ0) is 72.0. The Morgan fingerprint density at radius 1 is 0.310 bits per heavy atom. The van der Waals surface area contributed by atoms with Crippen LogP contribution >= 0.6 is 0 Å². The van der Waals surface area contributed by atoms with Gasteiger partial charge in [-0.25, -0.2) is 0 Å². The SMILES string of the molecule is CC(C)c1cccc(C(C)C)c1NC(C)c1ccn(C)n1.CC(C)c1cccc(C(C)C)c1[N-]C(C)c1ccn(C)n1.Cc1ccccc1.[CH2-]c1ccccc1.[CH2-]c1ccccc1.[CH2-]c1ccccc1.[CH2-]c1ccccc1.[CH2-]c1ccccc1.[CH2-]c1ccccc1.[CH2-]c1ccccc1.[Hf+4].[Hf]. The van der Waals surface area contributed by atoms with Crippen LogP contribution in [0.4, 0.5) is 11.4 Å². The van der Waals surface area contributed by atoms with Crippen molar-refractivity contribution in [1.29, 1.82) is 0 Å². The number of anilines is 1. The van der Waals surface area contributed by atoms with E-state index < -0.39 is 0 Å². The van der Waals surface area contributed by atoms with Crippen molar-refractivity contribution in [2.24, 2.45) is 14.1 Å². The summed E-state index contributed by atoms with van der Waals surface area (Å²) in [6.07, 6.45) is 3.96. The molecule has 520 valence electrons. The summed E-state index contributed by atoms with van der Waals surface area (Å²) in [4.78, 5) is 0. The first-order valence-corrected chi connectivity index (χ1v) is 33.8. The number of aryl methyl sites for hydroxylation is 3. The Kier molecular flexibility index (Phi) is 46.4. The molecule has 100 heavy (non-hydrogen) atoms. The van der Waals surface area contributed by atoms with E-state index in [0.717, 1.165) is 56.0 Å². The number of hydrogen-bond acceptors (Lipinski definition) is 3. The molecule has 2 atom stereocenters. The molecule has 1 N–H and O–H groups in total. The fraction of sp³-hybridized carbons (Fsp3) is 0.207. The first kappa shape index (κ1) is 89.1. The first-order valence-electron chi connectivity index (χ1n) is 33.8. The molecular weight excluding hydrogens is 1550 g/mol. The molecule has 0 bridgehead atoms. The zero-order valence-electron chi connectivity index (χ0n) is 62.0. The number of nitrogens with zero attached hydrogens (tertiary/aromatic N) is 5. The maximum absolute atomic E-state index is 5.01. The van der Waals surface area contributed by atoms with Gasteiger partial charge in [0.15, 0.2) is 0 Å². The zero-order valence-corrected chi connectivity index (χ0v) is 69.2. The maximum Gasteiger partial charge on any atom is 4.00 e. The van der Waals surface area contributed by atoms with Crippen LogP contribution in [0, 0.1) is 55.4 Å². The third-order valence-corrected chi connectivity index (χ3v) is 14.6. The third-order valence-electron chi connectivity index (χ3n) is 14.6. The summed E-state index contributed by atoms with van der Waals surface area (Å²) in [5, 5.41) is 17.7. The Hall–Kier alpha value is -8.95. The van der Waals surface area contributed by atoms with Gasteiger partial charge in [0.05, 0.1) is 11.7 Å². The monoisotopic (exact) mass is 1660 g/mol. The van der Waals surface area contributed by atoms with Crippen molar-refractivity contribution in [1.82, 2.24) is 19.6 Å². The van der Waals surface area contributed by atoms with Crippen molar-refractivity contribution in [3.05, 3.63) is 436 Å². The molecule has 0 amide bonds. The van der Waals surface area contributed by atoms with E-state index in [0.29, 0.717) is 23.7 Å². The van der Waals surface area contributed by atoms with Gasteiger partial charge in [-0.1, -0.05) is 194 Å². The second-order valence-electron chi connectivity index (χ2n) is 24.8. The molecule has 0 fully saturated rings. The van der Waals surface area contributed by atoms with Gasteiger partial charge in [-0.2, -0.15) is 183 Å². The van der Waals surface area contributed by atoms with Gasteiger partial charge < -0.3 is 10.6 Å². The van der Waals surface area contributed by atoms with E-state index >= 15 is 0 Å². The van der Waals surface area contributed by atoms with E-state index in [4.69, 9.17) is 5.32 Å². The number of para-hydroxylation sites is 2. The van der Waals surface area contributed by atoms with Gasteiger partial charge in [-0.15, -0.1) is 90.6 Å². The number of benzene rings is 10. The molecule has 0 saturated heterocycles. The van der Waals surface area contributed by atoms with Crippen LogP contribution in [-0.2, 0) is 65.8 Å². The molecule has 6 nitrogen and oxygen atoms in total. The second-order valence-corrected chi connectivity index (χ2v) is 24.8. The Labute approximate surface area is 644 Å². The molecule has 2 unspecified atom stereocenters. The van der Waals surface area contributed by atoms with Crippen LogP contribution in [0.2, 0.25) is 0 Å². The van der Waals surface area contributed by atoms with Crippen molar-refractivity contribution in [2.45, 2.75) is 112 Å². The molecular formula is C92H110Hf2N6-4. The van der Waals surface area contributed by atoms with E-state index in [2.05, 4.69) is 195 Å². The number of nitrogens with one attached hydrogen (secondary N) is 1. The topological polar surface area (TPSA) is 61.8 Å². The fourth-order valence-electron chi connectivity index (χ4n) is 9.13. The van der Waals surface area contributed by atoms with Crippen molar-refractivity contribution in [2.75, 3.05) is 5.32 Å². The van der Waals surface area contributed by atoms with Crippen molar-refractivity contribution < 1.29 is 51.7 Å². The van der Waals surface area contributed by atoms with Crippen LogP contribution in [0.5, 0.6) is 0 Å². The summed E-state index contributed by atoms with van der Waals surface area (Å²) in [7, 11) is 3.90. The summed E-state index contributed by atoms with van der Waals surface area (Å²) in [6, 6.07) is 96.9. The van der Waals surface area contributed by atoms with Crippen LogP contribution in [-0.4, -0.2) is 19.6 Å². The molecule has 12 rings (SSSR count). The Balaban J connectivity index is 0.000000580. The maximum atomic E-state index is 5.01. The van der Waals surface area contributed by atoms with E-state index in [-0.39, 0.29) is 63.8 Å². The normalized spacial score (nSPS) is 10.2. The van der Waals surface area contributed by atoms with Crippen molar-refractivity contribution in [3.8, 4) is 0 Å². The smallest absolute Gasteiger partial charge is 0.677 e. The standard InChI is InChI=1S/C18H27N3.C18H26N3.C7H8.7C7H7.2Hf/c2*1-12(2)15-8-7-9-16(13(3)4)18(15)19-14(5)17-10-11-21(6)20-17;8*1-7-5-3-2-4-6-7;;/h7-14,19H,1-6H3;7-14H,1-6H3;2-6H,1H3;7*2-6H,1H2;;/q;-1;;7*-1;;+4. The van der Waals surface area contributed by atoms with Gasteiger partial charge in [-0.3, -0.25) is 9.36 Å². The van der Waals surface area contributed by atoms with Gasteiger partial charge in [0.1, 0.15) is 0 Å². The molecule has 0 aliphatic carbocycles. The van der Waals surface area contributed by atoms with Gasteiger partial charge in [0.2, 0.25) is 0 Å². The molecule has 2 aromatic heterocycles. The van der Waals surface area contributed by atoms with Gasteiger partial charge in [-0.05, 0) is 60.8 Å². The van der Waals surface area contributed by atoms with E-state index in [1.54, 1.807) is 0 Å². The molecule has 0 aliphatic rings. The van der Waals surface area contributed by atoms with Crippen LogP contribution in [0.3, 0.4) is 0 Å². The minimum Gasteiger partial charge on any atom is -0.677 e. The first-order chi connectivity index (χ1) is 46.9.